The number of carbonyl (C=O) groups is 1. The largest absolute Gasteiger partial charge is 0.460 e. The summed E-state index contributed by atoms with van der Waals surface area (Å²) in [5, 5.41) is 9.43. The van der Waals surface area contributed by atoms with Crippen molar-refractivity contribution >= 4 is 5.97 Å². The number of aliphatic hydroxyl groups is 1. The average molecular weight is 275 g/mol. The van der Waals surface area contributed by atoms with Crippen molar-refractivity contribution < 1.29 is 14.6 Å². The van der Waals surface area contributed by atoms with E-state index in [9.17, 15) is 9.90 Å². The summed E-state index contributed by atoms with van der Waals surface area (Å²) in [5.74, 6) is -0.251. The first-order chi connectivity index (χ1) is 9.75. The van der Waals surface area contributed by atoms with E-state index in [0.717, 1.165) is 32.2 Å². The fourth-order valence-electron chi connectivity index (χ4n) is 3.66. The Bertz CT molecular complexity index is 476. The zero-order chi connectivity index (χ0) is 14.0. The topological polar surface area (TPSA) is 49.8 Å². The zero-order valence-corrected chi connectivity index (χ0v) is 11.6. The predicted octanol–water partition coefficient (Wildman–Crippen LogP) is 1.83. The van der Waals surface area contributed by atoms with E-state index in [0.29, 0.717) is 12.2 Å². The third-order valence-corrected chi connectivity index (χ3v) is 4.73. The maximum absolute atomic E-state index is 12.0. The van der Waals surface area contributed by atoms with Crippen molar-refractivity contribution in [2.75, 3.05) is 19.8 Å². The summed E-state index contributed by atoms with van der Waals surface area (Å²) in [6.07, 6.45) is 4.20. The van der Waals surface area contributed by atoms with Gasteiger partial charge >= 0.3 is 5.97 Å². The van der Waals surface area contributed by atoms with Crippen LogP contribution in [-0.2, 0) is 4.74 Å². The molecule has 2 fully saturated rings. The Hall–Kier alpha value is -1.39. The number of esters is 1. The van der Waals surface area contributed by atoms with Crippen LogP contribution in [-0.4, -0.2) is 47.3 Å². The third kappa shape index (κ3) is 2.34. The minimum atomic E-state index is -0.251. The number of hydrogen-bond acceptors (Lipinski definition) is 4. The molecule has 4 nitrogen and oxygen atoms in total. The van der Waals surface area contributed by atoms with Gasteiger partial charge in [-0.2, -0.15) is 0 Å². The van der Waals surface area contributed by atoms with Crippen molar-refractivity contribution in [2.45, 2.75) is 37.3 Å². The van der Waals surface area contributed by atoms with Crippen LogP contribution in [0.25, 0.3) is 0 Å². The smallest absolute Gasteiger partial charge is 0.338 e. The van der Waals surface area contributed by atoms with Gasteiger partial charge in [-0.05, 0) is 44.4 Å². The molecule has 0 spiro atoms. The molecule has 1 aromatic carbocycles. The van der Waals surface area contributed by atoms with Gasteiger partial charge in [0.25, 0.3) is 0 Å². The molecule has 0 aliphatic carbocycles. The van der Waals surface area contributed by atoms with E-state index in [1.807, 2.05) is 18.2 Å². The van der Waals surface area contributed by atoms with Crippen molar-refractivity contribution in [3.63, 3.8) is 0 Å². The molecule has 0 aromatic heterocycles. The van der Waals surface area contributed by atoms with Crippen LogP contribution in [0.15, 0.2) is 30.3 Å². The Labute approximate surface area is 119 Å². The summed E-state index contributed by atoms with van der Waals surface area (Å²) < 4.78 is 5.55. The Morgan fingerprint density at radius 2 is 2.15 bits per heavy atom. The fourth-order valence-corrected chi connectivity index (χ4v) is 3.66. The average Bonchev–Trinajstić information content (AvgIpc) is 3.04. The first-order valence-electron chi connectivity index (χ1n) is 7.35. The molecule has 2 aliphatic rings. The monoisotopic (exact) mass is 275 g/mol. The number of ether oxygens (including phenoxy) is 1. The second-order valence-corrected chi connectivity index (χ2v) is 5.84. The molecule has 1 aromatic rings. The molecule has 0 amide bonds. The van der Waals surface area contributed by atoms with E-state index in [1.54, 1.807) is 12.1 Å². The molecule has 3 rings (SSSR count). The van der Waals surface area contributed by atoms with Gasteiger partial charge in [-0.1, -0.05) is 18.2 Å². The lowest BCUT2D eigenvalue weighted by Gasteiger charge is -2.34. The lowest BCUT2D eigenvalue weighted by molar-refractivity contribution is 0.0154. The molecule has 0 unspecified atom stereocenters. The molecule has 0 bridgehead atoms. The van der Waals surface area contributed by atoms with Gasteiger partial charge in [0.1, 0.15) is 6.61 Å². The van der Waals surface area contributed by atoms with Gasteiger partial charge in [-0.3, -0.25) is 4.90 Å². The summed E-state index contributed by atoms with van der Waals surface area (Å²) in [6.45, 7) is 1.65. The van der Waals surface area contributed by atoms with Gasteiger partial charge in [0.2, 0.25) is 0 Å². The number of carbonyl (C=O) groups excluding carboxylic acids is 1. The van der Waals surface area contributed by atoms with E-state index in [1.165, 1.54) is 0 Å². The zero-order valence-electron chi connectivity index (χ0n) is 11.6. The predicted molar refractivity (Wildman–Crippen MR) is 75.5 cm³/mol. The van der Waals surface area contributed by atoms with Gasteiger partial charge in [-0.15, -0.1) is 0 Å². The molecule has 2 heterocycles. The first-order valence-corrected chi connectivity index (χ1v) is 7.35. The maximum atomic E-state index is 12.0. The van der Waals surface area contributed by atoms with E-state index in [2.05, 4.69) is 4.90 Å². The van der Waals surface area contributed by atoms with Crippen LogP contribution in [0.5, 0.6) is 0 Å². The quantitative estimate of drug-likeness (QED) is 0.852. The van der Waals surface area contributed by atoms with Gasteiger partial charge in [-0.25, -0.2) is 4.79 Å². The molecular weight excluding hydrogens is 254 g/mol. The van der Waals surface area contributed by atoms with Gasteiger partial charge in [0.15, 0.2) is 0 Å². The Balaban J connectivity index is 1.65. The first kappa shape index (κ1) is 13.6. The van der Waals surface area contributed by atoms with Crippen LogP contribution in [0.1, 0.15) is 36.0 Å². The summed E-state index contributed by atoms with van der Waals surface area (Å²) in [5.41, 5.74) is 0.572. The van der Waals surface area contributed by atoms with Crippen molar-refractivity contribution in [3.05, 3.63) is 35.9 Å². The highest BCUT2D eigenvalue weighted by atomic mass is 16.5. The molecule has 0 radical (unpaired) electrons. The van der Waals surface area contributed by atoms with Crippen LogP contribution in [0.3, 0.4) is 0 Å². The van der Waals surface area contributed by atoms with Gasteiger partial charge in [0, 0.05) is 6.04 Å². The lowest BCUT2D eigenvalue weighted by atomic mass is 9.95. The second-order valence-electron chi connectivity index (χ2n) is 5.84. The standard InChI is InChI=1S/C16H21NO3/c18-11-14-7-9-16(8-4-10-17(14)16)12-20-15(19)13-5-2-1-3-6-13/h1-3,5-6,14,18H,4,7-12H2/t14-,16-/m0/s1. The van der Waals surface area contributed by atoms with Gasteiger partial charge < -0.3 is 9.84 Å². The second kappa shape index (κ2) is 5.54. The number of aliphatic hydroxyl groups excluding tert-OH is 1. The van der Waals surface area contributed by atoms with Crippen LogP contribution in [0.4, 0.5) is 0 Å². The fraction of sp³-hybridized carbons (Fsp3) is 0.562. The third-order valence-electron chi connectivity index (χ3n) is 4.73. The molecule has 108 valence electrons. The normalized spacial score (nSPS) is 29.4. The highest BCUT2D eigenvalue weighted by Crippen LogP contribution is 2.42. The Morgan fingerprint density at radius 3 is 2.90 bits per heavy atom. The summed E-state index contributed by atoms with van der Waals surface area (Å²) in [7, 11) is 0. The molecule has 20 heavy (non-hydrogen) atoms. The van der Waals surface area contributed by atoms with Crippen molar-refractivity contribution in [2.24, 2.45) is 0 Å². The minimum Gasteiger partial charge on any atom is -0.460 e. The number of rotatable bonds is 4. The molecule has 2 aliphatic heterocycles. The minimum absolute atomic E-state index is 0.0299. The van der Waals surface area contributed by atoms with Crippen LogP contribution >= 0.6 is 0 Å². The molecule has 1 N–H and O–H groups in total. The van der Waals surface area contributed by atoms with Gasteiger partial charge in [0.05, 0.1) is 17.7 Å². The summed E-state index contributed by atoms with van der Waals surface area (Å²) >= 11 is 0. The maximum Gasteiger partial charge on any atom is 0.338 e. The number of fused-ring (bicyclic) bond motifs is 1. The highest BCUT2D eigenvalue weighted by molar-refractivity contribution is 5.89. The van der Waals surface area contributed by atoms with Crippen LogP contribution in [0, 0.1) is 0 Å². The van der Waals surface area contributed by atoms with Crippen molar-refractivity contribution in [1.82, 2.24) is 4.90 Å². The van der Waals surface area contributed by atoms with Crippen molar-refractivity contribution in [1.29, 1.82) is 0 Å². The van der Waals surface area contributed by atoms with E-state index in [-0.39, 0.29) is 24.2 Å². The summed E-state index contributed by atoms with van der Waals surface area (Å²) in [4.78, 5) is 14.4. The summed E-state index contributed by atoms with van der Waals surface area (Å²) in [6, 6.07) is 9.36. The Kier molecular flexibility index (Phi) is 3.76. The molecule has 0 saturated carbocycles. The van der Waals surface area contributed by atoms with Crippen LogP contribution < -0.4 is 0 Å². The molecule has 4 heteroatoms. The lowest BCUT2D eigenvalue weighted by Crippen LogP contribution is -2.47. The Morgan fingerprint density at radius 1 is 1.35 bits per heavy atom. The van der Waals surface area contributed by atoms with Crippen molar-refractivity contribution in [3.8, 4) is 0 Å². The van der Waals surface area contributed by atoms with E-state index in [4.69, 9.17) is 4.74 Å². The van der Waals surface area contributed by atoms with E-state index < -0.39 is 0 Å². The number of hydrogen-bond donors (Lipinski definition) is 1. The molecule has 2 atom stereocenters. The van der Waals surface area contributed by atoms with Crippen LogP contribution in [0.2, 0.25) is 0 Å². The number of benzene rings is 1. The highest BCUT2D eigenvalue weighted by Gasteiger charge is 2.49. The SMILES string of the molecule is O=C(OC[C@@]12CCCN1[C@H](CO)CC2)c1ccccc1. The molecule has 2 saturated heterocycles. The van der Waals surface area contributed by atoms with E-state index >= 15 is 0 Å². The molecular formula is C16H21NO3. The number of nitrogens with zero attached hydrogens (tertiary/aromatic N) is 1.